The Balaban J connectivity index is 1.62. The van der Waals surface area contributed by atoms with E-state index in [1.165, 1.54) is 54.6 Å². The molecule has 3 rings (SSSR count). The third kappa shape index (κ3) is 6.60. The van der Waals surface area contributed by atoms with E-state index in [2.05, 4.69) is 5.32 Å². The van der Waals surface area contributed by atoms with E-state index >= 15 is 0 Å². The van der Waals surface area contributed by atoms with Gasteiger partial charge in [0.15, 0.2) is 21.4 Å². The van der Waals surface area contributed by atoms with E-state index < -0.39 is 27.4 Å². The molecule has 0 unspecified atom stereocenters. The molecule has 0 aliphatic heterocycles. The average Bonchev–Trinajstić information content (AvgIpc) is 2.79. The SMILES string of the molecule is N#CCCCS(=O)(=O)c1ccc(C(=O)Nc2ccc(OCc3cccc(F)c3)c(F)c2)cc1. The Morgan fingerprint density at radius 2 is 1.79 bits per heavy atom. The lowest BCUT2D eigenvalue weighted by atomic mass is 10.2. The minimum absolute atomic E-state index is 0.0217. The van der Waals surface area contributed by atoms with Crippen LogP contribution in [-0.2, 0) is 16.4 Å². The fourth-order valence-corrected chi connectivity index (χ4v) is 4.27. The Bertz CT molecular complexity index is 1290. The number of hydrogen-bond acceptors (Lipinski definition) is 5. The maximum atomic E-state index is 14.4. The second-order valence-electron chi connectivity index (χ2n) is 7.12. The van der Waals surface area contributed by atoms with Gasteiger partial charge in [-0.25, -0.2) is 17.2 Å². The molecule has 0 radical (unpaired) electrons. The molecule has 170 valence electrons. The van der Waals surface area contributed by atoms with Gasteiger partial charge in [0.2, 0.25) is 0 Å². The van der Waals surface area contributed by atoms with Gasteiger partial charge in [-0.05, 0) is 60.5 Å². The quantitative estimate of drug-likeness (QED) is 0.450. The van der Waals surface area contributed by atoms with Crippen molar-refractivity contribution in [3.05, 3.63) is 89.5 Å². The number of benzene rings is 3. The van der Waals surface area contributed by atoms with Crippen molar-refractivity contribution in [1.82, 2.24) is 0 Å². The second-order valence-corrected chi connectivity index (χ2v) is 9.23. The van der Waals surface area contributed by atoms with Crippen LogP contribution in [0.2, 0.25) is 0 Å². The number of sulfone groups is 1. The van der Waals surface area contributed by atoms with Crippen molar-refractivity contribution in [2.24, 2.45) is 0 Å². The first-order valence-corrected chi connectivity index (χ1v) is 11.6. The molecule has 0 bridgehead atoms. The van der Waals surface area contributed by atoms with Gasteiger partial charge in [-0.15, -0.1) is 0 Å². The molecular formula is C24H20F2N2O4S. The molecule has 9 heteroatoms. The first-order valence-electron chi connectivity index (χ1n) is 9.96. The Morgan fingerprint density at radius 1 is 1.03 bits per heavy atom. The summed E-state index contributed by atoms with van der Waals surface area (Å²) in [6.45, 7) is -0.0217. The summed E-state index contributed by atoms with van der Waals surface area (Å²) in [5.74, 6) is -1.87. The van der Waals surface area contributed by atoms with Gasteiger partial charge in [0, 0.05) is 23.7 Å². The van der Waals surface area contributed by atoms with E-state index in [4.69, 9.17) is 10.00 Å². The van der Waals surface area contributed by atoms with E-state index in [1.54, 1.807) is 6.07 Å². The molecule has 0 aliphatic rings. The van der Waals surface area contributed by atoms with Crippen LogP contribution in [-0.4, -0.2) is 20.1 Å². The molecule has 3 aromatic carbocycles. The summed E-state index contributed by atoms with van der Waals surface area (Å²) in [6.07, 6.45) is 0.374. The predicted molar refractivity (Wildman–Crippen MR) is 118 cm³/mol. The number of nitriles is 1. The number of ether oxygens (including phenoxy) is 1. The largest absolute Gasteiger partial charge is 0.486 e. The van der Waals surface area contributed by atoms with Crippen LogP contribution < -0.4 is 10.1 Å². The first kappa shape index (κ1) is 23.9. The highest BCUT2D eigenvalue weighted by Crippen LogP contribution is 2.23. The number of amides is 1. The molecular weight excluding hydrogens is 450 g/mol. The first-order chi connectivity index (χ1) is 15.8. The summed E-state index contributed by atoms with van der Waals surface area (Å²) in [5, 5.41) is 11.1. The van der Waals surface area contributed by atoms with Gasteiger partial charge >= 0.3 is 0 Å². The van der Waals surface area contributed by atoms with Crippen LogP contribution in [0.25, 0.3) is 0 Å². The number of hydrogen-bond donors (Lipinski definition) is 1. The van der Waals surface area contributed by atoms with Gasteiger partial charge in [-0.3, -0.25) is 4.79 Å². The number of carbonyl (C=O) groups is 1. The minimum atomic E-state index is -3.54. The minimum Gasteiger partial charge on any atom is -0.486 e. The standard InChI is InChI=1S/C24H20F2N2O4S/c25-19-5-3-4-17(14-19)16-32-23-11-8-20(15-22(23)26)28-24(29)18-6-9-21(10-7-18)33(30,31)13-2-1-12-27/h3-11,14-15H,1-2,13,16H2,(H,28,29). The predicted octanol–water partition coefficient (Wildman–Crippen LogP) is 4.87. The molecule has 0 aliphatic carbocycles. The van der Waals surface area contributed by atoms with Crippen molar-refractivity contribution in [2.45, 2.75) is 24.3 Å². The molecule has 0 aromatic heterocycles. The van der Waals surface area contributed by atoms with E-state index in [-0.39, 0.29) is 47.1 Å². The third-order valence-electron chi connectivity index (χ3n) is 4.65. The summed E-state index contributed by atoms with van der Waals surface area (Å²) >= 11 is 0. The highest BCUT2D eigenvalue weighted by molar-refractivity contribution is 7.91. The lowest BCUT2D eigenvalue weighted by Gasteiger charge is -2.10. The molecule has 1 N–H and O–H groups in total. The molecule has 0 saturated carbocycles. The normalized spacial score (nSPS) is 10.9. The number of nitrogens with one attached hydrogen (secondary N) is 1. The summed E-state index contributed by atoms with van der Waals surface area (Å²) in [6, 6.07) is 16.9. The van der Waals surface area contributed by atoms with E-state index in [1.807, 2.05) is 6.07 Å². The van der Waals surface area contributed by atoms with Crippen LogP contribution in [0.4, 0.5) is 14.5 Å². The Kier molecular flexibility index (Phi) is 7.74. The molecule has 0 heterocycles. The highest BCUT2D eigenvalue weighted by Gasteiger charge is 2.15. The number of rotatable bonds is 9. The second kappa shape index (κ2) is 10.7. The van der Waals surface area contributed by atoms with Crippen LogP contribution >= 0.6 is 0 Å². The van der Waals surface area contributed by atoms with Crippen molar-refractivity contribution in [3.63, 3.8) is 0 Å². The molecule has 6 nitrogen and oxygen atoms in total. The maximum absolute atomic E-state index is 14.4. The Morgan fingerprint density at radius 3 is 2.45 bits per heavy atom. The fourth-order valence-electron chi connectivity index (χ4n) is 2.96. The van der Waals surface area contributed by atoms with Crippen LogP contribution in [0.15, 0.2) is 71.6 Å². The summed E-state index contributed by atoms with van der Waals surface area (Å²) in [4.78, 5) is 12.5. The number of halogens is 2. The smallest absolute Gasteiger partial charge is 0.255 e. The molecule has 0 spiro atoms. The zero-order valence-electron chi connectivity index (χ0n) is 17.4. The fraction of sp³-hybridized carbons (Fsp3) is 0.167. The van der Waals surface area contributed by atoms with Crippen LogP contribution in [0.3, 0.4) is 0 Å². The van der Waals surface area contributed by atoms with E-state index in [9.17, 15) is 22.0 Å². The molecule has 1 amide bonds. The van der Waals surface area contributed by atoms with Gasteiger partial charge in [-0.1, -0.05) is 12.1 Å². The Hall–Kier alpha value is -3.77. The van der Waals surface area contributed by atoms with Gasteiger partial charge in [-0.2, -0.15) is 5.26 Å². The number of anilines is 1. The Labute approximate surface area is 190 Å². The lowest BCUT2D eigenvalue weighted by Crippen LogP contribution is -2.13. The zero-order chi connectivity index (χ0) is 23.8. The molecule has 0 saturated heterocycles. The van der Waals surface area contributed by atoms with Crippen LogP contribution in [0.1, 0.15) is 28.8 Å². The molecule has 0 fully saturated rings. The van der Waals surface area contributed by atoms with E-state index in [0.29, 0.717) is 5.56 Å². The zero-order valence-corrected chi connectivity index (χ0v) is 18.2. The number of unbranched alkanes of at least 4 members (excludes halogenated alkanes) is 1. The number of nitrogens with zero attached hydrogens (tertiary/aromatic N) is 1. The summed E-state index contributed by atoms with van der Waals surface area (Å²) < 4.78 is 57.4. The maximum Gasteiger partial charge on any atom is 0.255 e. The molecule has 0 atom stereocenters. The molecule has 3 aromatic rings. The van der Waals surface area contributed by atoms with Crippen molar-refractivity contribution in [2.75, 3.05) is 11.1 Å². The van der Waals surface area contributed by atoms with Gasteiger partial charge in [0.05, 0.1) is 16.7 Å². The van der Waals surface area contributed by atoms with Gasteiger partial charge in [0.25, 0.3) is 5.91 Å². The van der Waals surface area contributed by atoms with Crippen LogP contribution in [0, 0.1) is 23.0 Å². The van der Waals surface area contributed by atoms with E-state index in [0.717, 1.165) is 6.07 Å². The van der Waals surface area contributed by atoms with Crippen molar-refractivity contribution in [3.8, 4) is 11.8 Å². The average molecular weight is 470 g/mol. The van der Waals surface area contributed by atoms with Crippen molar-refractivity contribution >= 4 is 21.4 Å². The van der Waals surface area contributed by atoms with Crippen molar-refractivity contribution < 1.29 is 26.7 Å². The van der Waals surface area contributed by atoms with Crippen molar-refractivity contribution in [1.29, 1.82) is 5.26 Å². The third-order valence-corrected chi connectivity index (χ3v) is 6.47. The lowest BCUT2D eigenvalue weighted by molar-refractivity contribution is 0.102. The monoisotopic (exact) mass is 470 g/mol. The van der Waals surface area contributed by atoms with Crippen LogP contribution in [0.5, 0.6) is 5.75 Å². The van der Waals surface area contributed by atoms with Gasteiger partial charge in [0.1, 0.15) is 12.4 Å². The van der Waals surface area contributed by atoms with Gasteiger partial charge < -0.3 is 10.1 Å². The summed E-state index contributed by atoms with van der Waals surface area (Å²) in [7, 11) is -3.54. The molecule has 33 heavy (non-hydrogen) atoms. The summed E-state index contributed by atoms with van der Waals surface area (Å²) in [5.41, 5.74) is 0.920. The highest BCUT2D eigenvalue weighted by atomic mass is 32.2. The topological polar surface area (TPSA) is 96.3 Å². The number of carbonyl (C=O) groups excluding carboxylic acids is 1.